The number of nitrogens with one attached hydrogen (secondary N) is 1. The lowest BCUT2D eigenvalue weighted by Crippen LogP contribution is -2.36. The molecule has 3 aromatic rings. The average molecular weight is 375 g/mol. The van der Waals surface area contributed by atoms with Crippen LogP contribution in [0.3, 0.4) is 0 Å². The van der Waals surface area contributed by atoms with E-state index in [0.717, 1.165) is 16.9 Å². The Morgan fingerprint density at radius 2 is 1.68 bits per heavy atom. The molecule has 1 N–H and O–H groups in total. The normalized spacial score (nSPS) is 11.5. The number of aryl methyl sites for hydroxylation is 1. The minimum atomic E-state index is -0.147. The number of hydrogen-bond acceptors (Lipinski definition) is 3. The quantitative estimate of drug-likeness (QED) is 0.617. The molecule has 3 aromatic carbocycles. The molecular formula is C24H25NO3. The standard InChI is InChI=1S/C24H25NO3/c1-18-9-6-7-14-23(18)28-16-19(2)25-24(26)21-12-8-13-22(15-21)27-17-20-10-4-3-5-11-20/h3-15,19H,16-17H2,1-2H3,(H,25,26)/t19-/m0/s1. The van der Waals surface area contributed by atoms with Crippen LogP contribution in [0.25, 0.3) is 0 Å². The van der Waals surface area contributed by atoms with E-state index >= 15 is 0 Å². The molecule has 144 valence electrons. The monoisotopic (exact) mass is 375 g/mol. The predicted molar refractivity (Wildman–Crippen MR) is 111 cm³/mol. The molecule has 0 bridgehead atoms. The maximum atomic E-state index is 12.5. The molecule has 0 aliphatic carbocycles. The molecule has 0 saturated heterocycles. The van der Waals surface area contributed by atoms with E-state index in [0.29, 0.717) is 24.5 Å². The Morgan fingerprint density at radius 3 is 2.46 bits per heavy atom. The van der Waals surface area contributed by atoms with Gasteiger partial charge in [-0.05, 0) is 49.2 Å². The lowest BCUT2D eigenvalue weighted by Gasteiger charge is -2.16. The van der Waals surface area contributed by atoms with E-state index in [4.69, 9.17) is 9.47 Å². The van der Waals surface area contributed by atoms with Crippen LogP contribution in [0.2, 0.25) is 0 Å². The fourth-order valence-corrected chi connectivity index (χ4v) is 2.75. The number of hydrogen-bond donors (Lipinski definition) is 1. The number of rotatable bonds is 8. The Labute approximate surface area is 166 Å². The van der Waals surface area contributed by atoms with Gasteiger partial charge in [-0.3, -0.25) is 4.79 Å². The third kappa shape index (κ3) is 5.61. The second kappa shape index (κ2) is 9.60. The average Bonchev–Trinajstić information content (AvgIpc) is 2.72. The van der Waals surface area contributed by atoms with Crippen LogP contribution in [0.4, 0.5) is 0 Å². The molecule has 1 atom stereocenters. The first-order valence-electron chi connectivity index (χ1n) is 9.38. The first kappa shape index (κ1) is 19.5. The fourth-order valence-electron chi connectivity index (χ4n) is 2.75. The summed E-state index contributed by atoms with van der Waals surface area (Å²) in [6.07, 6.45) is 0. The van der Waals surface area contributed by atoms with Crippen molar-refractivity contribution in [2.24, 2.45) is 0 Å². The molecule has 4 nitrogen and oxygen atoms in total. The van der Waals surface area contributed by atoms with Crippen molar-refractivity contribution in [2.75, 3.05) is 6.61 Å². The van der Waals surface area contributed by atoms with Crippen LogP contribution in [-0.2, 0) is 6.61 Å². The van der Waals surface area contributed by atoms with Gasteiger partial charge in [0.2, 0.25) is 0 Å². The summed E-state index contributed by atoms with van der Waals surface area (Å²) >= 11 is 0. The molecule has 4 heteroatoms. The van der Waals surface area contributed by atoms with E-state index in [1.807, 2.05) is 80.6 Å². The number of para-hydroxylation sites is 1. The van der Waals surface area contributed by atoms with Crippen LogP contribution in [0.1, 0.15) is 28.4 Å². The highest BCUT2D eigenvalue weighted by Crippen LogP contribution is 2.17. The summed E-state index contributed by atoms with van der Waals surface area (Å²) in [5, 5.41) is 2.97. The first-order valence-corrected chi connectivity index (χ1v) is 9.38. The summed E-state index contributed by atoms with van der Waals surface area (Å²) in [5.41, 5.74) is 2.72. The third-order valence-electron chi connectivity index (χ3n) is 4.30. The van der Waals surface area contributed by atoms with Crippen LogP contribution in [0.15, 0.2) is 78.9 Å². The summed E-state index contributed by atoms with van der Waals surface area (Å²) in [6.45, 7) is 4.79. The van der Waals surface area contributed by atoms with E-state index in [9.17, 15) is 4.79 Å². The van der Waals surface area contributed by atoms with Gasteiger partial charge in [-0.25, -0.2) is 0 Å². The summed E-state index contributed by atoms with van der Waals surface area (Å²) in [5.74, 6) is 1.35. The van der Waals surface area contributed by atoms with Crippen molar-refractivity contribution in [2.45, 2.75) is 26.5 Å². The summed E-state index contributed by atoms with van der Waals surface area (Å²) in [6, 6.07) is 24.9. The van der Waals surface area contributed by atoms with Gasteiger partial charge >= 0.3 is 0 Å². The van der Waals surface area contributed by atoms with Crippen molar-refractivity contribution in [1.82, 2.24) is 5.32 Å². The Morgan fingerprint density at radius 1 is 0.929 bits per heavy atom. The molecule has 28 heavy (non-hydrogen) atoms. The van der Waals surface area contributed by atoms with E-state index in [1.165, 1.54) is 0 Å². The molecule has 3 rings (SSSR count). The highest BCUT2D eigenvalue weighted by atomic mass is 16.5. The summed E-state index contributed by atoms with van der Waals surface area (Å²) in [7, 11) is 0. The van der Waals surface area contributed by atoms with Gasteiger partial charge in [0.05, 0.1) is 6.04 Å². The van der Waals surface area contributed by atoms with Crippen LogP contribution >= 0.6 is 0 Å². The number of carbonyl (C=O) groups excluding carboxylic acids is 1. The van der Waals surface area contributed by atoms with E-state index < -0.39 is 0 Å². The van der Waals surface area contributed by atoms with Gasteiger partial charge in [0.1, 0.15) is 24.7 Å². The molecule has 0 aromatic heterocycles. The first-order chi connectivity index (χ1) is 13.6. The molecule has 0 spiro atoms. The van der Waals surface area contributed by atoms with Crippen molar-refractivity contribution in [1.29, 1.82) is 0 Å². The number of benzene rings is 3. The SMILES string of the molecule is Cc1ccccc1OC[C@H](C)NC(=O)c1cccc(OCc2ccccc2)c1. The number of carbonyl (C=O) groups is 1. The molecule has 0 fully saturated rings. The Kier molecular flexibility index (Phi) is 6.68. The second-order valence-electron chi connectivity index (χ2n) is 6.75. The van der Waals surface area contributed by atoms with Gasteiger partial charge in [-0.15, -0.1) is 0 Å². The van der Waals surface area contributed by atoms with Gasteiger partial charge in [-0.2, -0.15) is 0 Å². The van der Waals surface area contributed by atoms with Crippen molar-refractivity contribution in [3.63, 3.8) is 0 Å². The Hall–Kier alpha value is -3.27. The van der Waals surface area contributed by atoms with E-state index in [-0.39, 0.29) is 11.9 Å². The molecule has 0 heterocycles. The lowest BCUT2D eigenvalue weighted by molar-refractivity contribution is 0.0926. The molecule has 0 aliphatic rings. The molecule has 1 amide bonds. The van der Waals surface area contributed by atoms with E-state index in [1.54, 1.807) is 12.1 Å². The zero-order valence-electron chi connectivity index (χ0n) is 16.2. The minimum Gasteiger partial charge on any atom is -0.491 e. The zero-order valence-corrected chi connectivity index (χ0v) is 16.2. The predicted octanol–water partition coefficient (Wildman–Crippen LogP) is 4.77. The van der Waals surface area contributed by atoms with Gasteiger partial charge < -0.3 is 14.8 Å². The van der Waals surface area contributed by atoms with Crippen LogP contribution in [0.5, 0.6) is 11.5 Å². The Bertz CT molecular complexity index is 908. The van der Waals surface area contributed by atoms with Crippen molar-refractivity contribution < 1.29 is 14.3 Å². The topological polar surface area (TPSA) is 47.6 Å². The smallest absolute Gasteiger partial charge is 0.251 e. The van der Waals surface area contributed by atoms with Crippen molar-refractivity contribution in [3.05, 3.63) is 95.6 Å². The Balaban J connectivity index is 1.53. The lowest BCUT2D eigenvalue weighted by atomic mass is 10.2. The fraction of sp³-hybridized carbons (Fsp3) is 0.208. The van der Waals surface area contributed by atoms with Crippen molar-refractivity contribution >= 4 is 5.91 Å². The van der Waals surface area contributed by atoms with Gasteiger partial charge in [0.15, 0.2) is 0 Å². The molecule has 0 unspecified atom stereocenters. The third-order valence-corrected chi connectivity index (χ3v) is 4.30. The maximum Gasteiger partial charge on any atom is 0.251 e. The highest BCUT2D eigenvalue weighted by molar-refractivity contribution is 5.94. The van der Waals surface area contributed by atoms with Crippen LogP contribution in [0, 0.1) is 6.92 Å². The number of ether oxygens (including phenoxy) is 2. The van der Waals surface area contributed by atoms with Gasteiger partial charge in [0, 0.05) is 5.56 Å². The summed E-state index contributed by atoms with van der Waals surface area (Å²) in [4.78, 5) is 12.5. The molecular weight excluding hydrogens is 350 g/mol. The maximum absolute atomic E-state index is 12.5. The second-order valence-corrected chi connectivity index (χ2v) is 6.75. The molecule has 0 saturated carbocycles. The molecule has 0 aliphatic heterocycles. The minimum absolute atomic E-state index is 0.124. The largest absolute Gasteiger partial charge is 0.491 e. The summed E-state index contributed by atoms with van der Waals surface area (Å²) < 4.78 is 11.6. The highest BCUT2D eigenvalue weighted by Gasteiger charge is 2.12. The van der Waals surface area contributed by atoms with Crippen LogP contribution in [-0.4, -0.2) is 18.6 Å². The molecule has 0 radical (unpaired) electrons. The van der Waals surface area contributed by atoms with Gasteiger partial charge in [0.25, 0.3) is 5.91 Å². The zero-order chi connectivity index (χ0) is 19.8. The van der Waals surface area contributed by atoms with Crippen LogP contribution < -0.4 is 14.8 Å². The van der Waals surface area contributed by atoms with E-state index in [2.05, 4.69) is 5.32 Å². The van der Waals surface area contributed by atoms with Crippen molar-refractivity contribution in [3.8, 4) is 11.5 Å². The van der Waals surface area contributed by atoms with Gasteiger partial charge in [-0.1, -0.05) is 54.6 Å². The number of amides is 1.